The number of phenolic OH excluding ortho intramolecular Hbond substituents is 1. The number of phenols is 1. The van der Waals surface area contributed by atoms with Gasteiger partial charge in [-0.1, -0.05) is 6.42 Å². The van der Waals surface area contributed by atoms with E-state index in [1.54, 1.807) is 24.3 Å². The van der Waals surface area contributed by atoms with Crippen LogP contribution in [-0.4, -0.2) is 49.9 Å². The second kappa shape index (κ2) is 7.40. The summed E-state index contributed by atoms with van der Waals surface area (Å²) in [6.45, 7) is 0. The summed E-state index contributed by atoms with van der Waals surface area (Å²) in [6, 6.07) is 8.47. The molecule has 2 fully saturated rings. The Bertz CT molecular complexity index is 982. The molecule has 0 aliphatic carbocycles. The van der Waals surface area contributed by atoms with Crippen LogP contribution in [0, 0.1) is 0 Å². The SMILES string of the molecule is Oc1cc(-c2nnco2)ccc1-c1ccc(O[C@H]2C[C@@H]3CCC[C@@H](N3)[C@H]2F)nn1. The molecule has 8 nitrogen and oxygen atoms in total. The normalized spacial score (nSPS) is 26.2. The average Bonchev–Trinajstić information content (AvgIpc) is 3.28. The molecule has 2 aliphatic heterocycles. The molecule has 3 aromatic rings. The van der Waals surface area contributed by atoms with Crippen LogP contribution in [0.25, 0.3) is 22.7 Å². The van der Waals surface area contributed by atoms with Crippen LogP contribution in [0.5, 0.6) is 11.6 Å². The predicted octanol–water partition coefficient (Wildman–Crippen LogP) is 2.90. The highest BCUT2D eigenvalue weighted by Crippen LogP contribution is 2.33. The van der Waals surface area contributed by atoms with Gasteiger partial charge in [-0.3, -0.25) is 0 Å². The van der Waals surface area contributed by atoms with Gasteiger partial charge in [0, 0.05) is 35.7 Å². The van der Waals surface area contributed by atoms with E-state index in [9.17, 15) is 9.50 Å². The molecular formula is C20H20FN5O3. The molecular weight excluding hydrogens is 377 g/mol. The lowest BCUT2D eigenvalue weighted by molar-refractivity contribution is 0.00652. The molecule has 29 heavy (non-hydrogen) atoms. The first kappa shape index (κ1) is 18.0. The van der Waals surface area contributed by atoms with Crippen LogP contribution in [0.1, 0.15) is 25.7 Å². The number of aromatic nitrogens is 4. The minimum atomic E-state index is -1.06. The van der Waals surface area contributed by atoms with Gasteiger partial charge in [0.2, 0.25) is 18.2 Å². The minimum Gasteiger partial charge on any atom is -0.507 e. The number of piperidine rings is 2. The molecule has 1 aromatic carbocycles. The van der Waals surface area contributed by atoms with E-state index < -0.39 is 12.3 Å². The molecule has 4 heterocycles. The van der Waals surface area contributed by atoms with Crippen molar-refractivity contribution in [1.82, 2.24) is 25.7 Å². The van der Waals surface area contributed by atoms with Gasteiger partial charge in [0.15, 0.2) is 6.17 Å². The summed E-state index contributed by atoms with van der Waals surface area (Å²) in [7, 11) is 0. The fourth-order valence-electron chi connectivity index (χ4n) is 4.14. The molecule has 4 atom stereocenters. The lowest BCUT2D eigenvalue weighted by Crippen LogP contribution is -2.59. The van der Waals surface area contributed by atoms with E-state index in [2.05, 4.69) is 25.7 Å². The van der Waals surface area contributed by atoms with Gasteiger partial charge in [0.05, 0.1) is 5.69 Å². The van der Waals surface area contributed by atoms with Crippen molar-refractivity contribution in [1.29, 1.82) is 0 Å². The molecule has 9 heteroatoms. The minimum absolute atomic E-state index is 0.0127. The van der Waals surface area contributed by atoms with E-state index in [0.29, 0.717) is 35.2 Å². The van der Waals surface area contributed by atoms with Gasteiger partial charge in [0.1, 0.15) is 11.9 Å². The summed E-state index contributed by atoms with van der Waals surface area (Å²) in [5.41, 5.74) is 1.58. The summed E-state index contributed by atoms with van der Waals surface area (Å²) in [5.74, 6) is 0.608. The summed E-state index contributed by atoms with van der Waals surface area (Å²) in [5, 5.41) is 29.4. The van der Waals surface area contributed by atoms with Crippen molar-refractivity contribution >= 4 is 0 Å². The molecule has 2 saturated heterocycles. The molecule has 0 spiro atoms. The molecule has 150 valence electrons. The van der Waals surface area contributed by atoms with E-state index in [1.165, 1.54) is 12.5 Å². The number of benzene rings is 1. The fraction of sp³-hybridized carbons (Fsp3) is 0.400. The number of hydrogen-bond donors (Lipinski definition) is 2. The number of nitrogens with one attached hydrogen (secondary N) is 1. The van der Waals surface area contributed by atoms with Crippen molar-refractivity contribution in [2.45, 2.75) is 50.0 Å². The lowest BCUT2D eigenvalue weighted by Gasteiger charge is -2.42. The van der Waals surface area contributed by atoms with E-state index in [1.807, 2.05) is 0 Å². The zero-order valence-electron chi connectivity index (χ0n) is 15.5. The van der Waals surface area contributed by atoms with Gasteiger partial charge in [-0.25, -0.2) is 4.39 Å². The third kappa shape index (κ3) is 3.53. The summed E-state index contributed by atoms with van der Waals surface area (Å²) in [4.78, 5) is 0. The van der Waals surface area contributed by atoms with Crippen molar-refractivity contribution in [3.05, 3.63) is 36.7 Å². The first-order valence-corrected chi connectivity index (χ1v) is 9.68. The Balaban J connectivity index is 1.31. The predicted molar refractivity (Wildman–Crippen MR) is 101 cm³/mol. The number of fused-ring (bicyclic) bond motifs is 2. The summed E-state index contributed by atoms with van der Waals surface area (Å²) in [6.07, 6.45) is 3.20. The number of nitrogens with zero attached hydrogens (tertiary/aromatic N) is 4. The third-order valence-electron chi connectivity index (χ3n) is 5.57. The number of ether oxygens (including phenoxy) is 1. The molecule has 2 aromatic heterocycles. The Morgan fingerprint density at radius 3 is 2.83 bits per heavy atom. The monoisotopic (exact) mass is 397 g/mol. The van der Waals surface area contributed by atoms with Crippen molar-refractivity contribution in [2.75, 3.05) is 0 Å². The van der Waals surface area contributed by atoms with E-state index >= 15 is 0 Å². The second-order valence-electron chi connectivity index (χ2n) is 7.47. The van der Waals surface area contributed by atoms with Gasteiger partial charge in [-0.05, 0) is 37.1 Å². The molecule has 0 unspecified atom stereocenters. The van der Waals surface area contributed by atoms with Crippen LogP contribution < -0.4 is 10.1 Å². The molecule has 2 N–H and O–H groups in total. The highest BCUT2D eigenvalue weighted by Gasteiger charge is 2.41. The number of rotatable bonds is 4. The number of hydrogen-bond acceptors (Lipinski definition) is 8. The van der Waals surface area contributed by atoms with Crippen molar-refractivity contribution < 1.29 is 18.7 Å². The third-order valence-corrected chi connectivity index (χ3v) is 5.57. The average molecular weight is 397 g/mol. The number of alkyl halides is 1. The van der Waals surface area contributed by atoms with Crippen molar-refractivity contribution in [2.24, 2.45) is 0 Å². The van der Waals surface area contributed by atoms with Crippen LogP contribution >= 0.6 is 0 Å². The number of aromatic hydroxyl groups is 1. The summed E-state index contributed by atoms with van der Waals surface area (Å²) >= 11 is 0. The fourth-order valence-corrected chi connectivity index (χ4v) is 4.14. The maximum Gasteiger partial charge on any atom is 0.247 e. The molecule has 0 radical (unpaired) electrons. The largest absolute Gasteiger partial charge is 0.507 e. The van der Waals surface area contributed by atoms with Crippen LogP contribution in [0.3, 0.4) is 0 Å². The zero-order valence-corrected chi connectivity index (χ0v) is 15.5. The van der Waals surface area contributed by atoms with Gasteiger partial charge in [-0.2, -0.15) is 0 Å². The highest BCUT2D eigenvalue weighted by molar-refractivity contribution is 5.71. The molecule has 5 rings (SSSR count). The Morgan fingerprint density at radius 1 is 1.14 bits per heavy atom. The zero-order chi connectivity index (χ0) is 19.8. The van der Waals surface area contributed by atoms with Crippen LogP contribution in [0.4, 0.5) is 4.39 Å². The second-order valence-corrected chi connectivity index (χ2v) is 7.47. The van der Waals surface area contributed by atoms with Gasteiger partial charge in [0.25, 0.3) is 0 Å². The van der Waals surface area contributed by atoms with Crippen molar-refractivity contribution in [3.8, 4) is 34.3 Å². The smallest absolute Gasteiger partial charge is 0.247 e. The Kier molecular flexibility index (Phi) is 4.59. The Morgan fingerprint density at radius 2 is 2.07 bits per heavy atom. The highest BCUT2D eigenvalue weighted by atomic mass is 19.1. The molecule has 0 saturated carbocycles. The summed E-state index contributed by atoms with van der Waals surface area (Å²) < 4.78 is 25.6. The van der Waals surface area contributed by atoms with Crippen molar-refractivity contribution in [3.63, 3.8) is 0 Å². The molecule has 0 amide bonds. The van der Waals surface area contributed by atoms with E-state index in [4.69, 9.17) is 9.15 Å². The topological polar surface area (TPSA) is 106 Å². The Labute approximate surface area is 166 Å². The maximum atomic E-state index is 14.7. The van der Waals surface area contributed by atoms with Crippen LogP contribution in [0.2, 0.25) is 0 Å². The quantitative estimate of drug-likeness (QED) is 0.692. The van der Waals surface area contributed by atoms with Gasteiger partial charge < -0.3 is 19.6 Å². The van der Waals surface area contributed by atoms with Crippen LogP contribution in [0.15, 0.2) is 41.1 Å². The molecule has 2 aliphatic rings. The lowest BCUT2D eigenvalue weighted by atomic mass is 9.84. The van der Waals surface area contributed by atoms with E-state index in [-0.39, 0.29) is 17.7 Å². The Hall–Kier alpha value is -3.07. The van der Waals surface area contributed by atoms with Gasteiger partial charge in [-0.15, -0.1) is 20.4 Å². The first-order valence-electron chi connectivity index (χ1n) is 9.68. The standard InChI is InChI=1S/C20H20FN5O3/c21-19-15-3-1-2-12(23-15)9-17(19)29-18-7-6-14(24-25-18)13-5-4-11(8-16(13)27)20-26-22-10-28-20/h4-8,10,12,15,17,19,23,27H,1-3,9H2/t12-,15+,17-,19+/m0/s1. The number of halogens is 1. The van der Waals surface area contributed by atoms with Gasteiger partial charge >= 0.3 is 0 Å². The van der Waals surface area contributed by atoms with Crippen LogP contribution in [-0.2, 0) is 0 Å². The first-order chi connectivity index (χ1) is 14.2. The molecule has 2 bridgehead atoms. The van der Waals surface area contributed by atoms with E-state index in [0.717, 1.165) is 19.3 Å². The maximum absolute atomic E-state index is 14.7.